The molecule has 1 aliphatic heterocycles. The van der Waals surface area contributed by atoms with Crippen molar-refractivity contribution in [2.45, 2.75) is 13.8 Å². The van der Waals surface area contributed by atoms with Crippen LogP contribution in [0.3, 0.4) is 0 Å². The minimum atomic E-state index is -0.438. The lowest BCUT2D eigenvalue weighted by Gasteiger charge is -2.23. The molecule has 0 radical (unpaired) electrons. The van der Waals surface area contributed by atoms with E-state index in [9.17, 15) is 14.9 Å². The fourth-order valence-corrected chi connectivity index (χ4v) is 5.01. The monoisotopic (exact) mass is 474 g/mol. The second-order valence-electron chi connectivity index (χ2n) is 6.95. The van der Waals surface area contributed by atoms with Crippen LogP contribution in [0, 0.1) is 10.1 Å². The Kier molecular flexibility index (Phi) is 6.68. The van der Waals surface area contributed by atoms with Gasteiger partial charge in [0.25, 0.3) is 5.91 Å². The van der Waals surface area contributed by atoms with E-state index in [2.05, 4.69) is 23.7 Å². The lowest BCUT2D eigenvalue weighted by molar-refractivity contribution is -0.380. The van der Waals surface area contributed by atoms with Gasteiger partial charge in [-0.25, -0.2) is 4.98 Å². The number of rotatable bonds is 9. The predicted octanol–water partition coefficient (Wildman–Crippen LogP) is 4.38. The van der Waals surface area contributed by atoms with Crippen molar-refractivity contribution in [2.75, 3.05) is 37.9 Å². The molecule has 32 heavy (non-hydrogen) atoms. The summed E-state index contributed by atoms with van der Waals surface area (Å²) in [5, 5.41) is 11.5. The number of nitrogens with zero attached hydrogens (tertiary/aromatic N) is 4. The Bertz CT molecular complexity index is 1130. The molecular weight excluding hydrogens is 452 g/mol. The van der Waals surface area contributed by atoms with Crippen molar-refractivity contribution in [3.05, 3.63) is 45.3 Å². The Morgan fingerprint density at radius 1 is 1.19 bits per heavy atom. The van der Waals surface area contributed by atoms with Crippen molar-refractivity contribution in [3.63, 3.8) is 0 Å². The maximum Gasteiger partial charge on any atom is 0.324 e. The topological polar surface area (TPSA) is 98.0 Å². The predicted molar refractivity (Wildman–Crippen MR) is 126 cm³/mol. The third kappa shape index (κ3) is 4.74. The van der Waals surface area contributed by atoms with Crippen LogP contribution in [0.4, 0.5) is 10.1 Å². The van der Waals surface area contributed by atoms with Gasteiger partial charge in [-0.15, -0.1) is 0 Å². The van der Waals surface area contributed by atoms with Crippen LogP contribution in [-0.2, 0) is 4.79 Å². The number of likely N-dealkylation sites (N-methyl/N-ethyl adjacent to an activating group) is 1. The zero-order valence-corrected chi connectivity index (χ0v) is 19.3. The van der Waals surface area contributed by atoms with Crippen molar-refractivity contribution in [1.82, 2.24) is 9.88 Å². The van der Waals surface area contributed by atoms with E-state index in [0.29, 0.717) is 34.6 Å². The van der Waals surface area contributed by atoms with E-state index in [1.165, 1.54) is 23.5 Å². The molecule has 11 heteroatoms. The summed E-state index contributed by atoms with van der Waals surface area (Å²) in [6.45, 7) is 7.30. The zero-order chi connectivity index (χ0) is 22.7. The molecule has 1 amide bonds. The molecule has 0 aliphatic carbocycles. The van der Waals surface area contributed by atoms with Crippen molar-refractivity contribution < 1.29 is 19.2 Å². The molecule has 0 unspecified atom stereocenters. The summed E-state index contributed by atoms with van der Waals surface area (Å²) < 4.78 is 11.8. The van der Waals surface area contributed by atoms with Gasteiger partial charge in [0.1, 0.15) is 0 Å². The molecule has 9 nitrogen and oxygen atoms in total. The van der Waals surface area contributed by atoms with Crippen LogP contribution in [0.1, 0.15) is 18.7 Å². The number of carbonyl (C=O) groups is 1. The van der Waals surface area contributed by atoms with Crippen molar-refractivity contribution >= 4 is 55.0 Å². The number of nitro groups is 1. The standard InChI is InChI=1S/C21H22N4O5S2/c1-3-23(4-2)9-10-24(19(26)7-5-14-6-8-20(31-14)25(27)28)21-22-15-11-16-17(30-13-29-16)12-18(15)32-21/h5-8,11-12H,3-4,9-10,13H2,1-2H3/b7-5+. The molecule has 0 fully saturated rings. The molecule has 3 heterocycles. The minimum Gasteiger partial charge on any atom is -0.454 e. The number of hydrogen-bond donors (Lipinski definition) is 0. The van der Waals surface area contributed by atoms with Gasteiger partial charge < -0.3 is 14.4 Å². The molecule has 0 spiro atoms. The average Bonchev–Trinajstić information content (AvgIpc) is 3.52. The smallest absolute Gasteiger partial charge is 0.324 e. The highest BCUT2D eigenvalue weighted by atomic mass is 32.1. The molecule has 0 saturated carbocycles. The van der Waals surface area contributed by atoms with Gasteiger partial charge in [-0.3, -0.25) is 19.8 Å². The zero-order valence-electron chi connectivity index (χ0n) is 17.6. The fraction of sp³-hybridized carbons (Fsp3) is 0.333. The average molecular weight is 475 g/mol. The van der Waals surface area contributed by atoms with E-state index in [1.807, 2.05) is 12.1 Å². The lowest BCUT2D eigenvalue weighted by Crippen LogP contribution is -2.38. The van der Waals surface area contributed by atoms with Crippen LogP contribution in [-0.4, -0.2) is 53.7 Å². The molecule has 1 aromatic carbocycles. The third-order valence-electron chi connectivity index (χ3n) is 5.09. The number of hydrogen-bond acceptors (Lipinski definition) is 9. The molecule has 0 atom stereocenters. The summed E-state index contributed by atoms with van der Waals surface area (Å²) in [5.74, 6) is 1.09. The summed E-state index contributed by atoms with van der Waals surface area (Å²) in [6, 6.07) is 6.77. The van der Waals surface area contributed by atoms with E-state index in [4.69, 9.17) is 9.47 Å². The number of carbonyl (C=O) groups excluding carboxylic acids is 1. The number of anilines is 1. The normalized spacial score (nSPS) is 12.8. The molecule has 168 valence electrons. The van der Waals surface area contributed by atoms with E-state index >= 15 is 0 Å². The van der Waals surface area contributed by atoms with Gasteiger partial charge >= 0.3 is 5.00 Å². The van der Waals surface area contributed by atoms with Gasteiger partial charge in [-0.1, -0.05) is 36.5 Å². The van der Waals surface area contributed by atoms with Crippen LogP contribution >= 0.6 is 22.7 Å². The van der Waals surface area contributed by atoms with E-state index < -0.39 is 4.92 Å². The van der Waals surface area contributed by atoms with Gasteiger partial charge in [0.15, 0.2) is 16.6 Å². The second kappa shape index (κ2) is 9.63. The summed E-state index contributed by atoms with van der Waals surface area (Å²) in [4.78, 5) is 32.8. The number of amides is 1. The highest BCUT2D eigenvalue weighted by Gasteiger charge is 2.22. The van der Waals surface area contributed by atoms with E-state index in [-0.39, 0.29) is 17.7 Å². The van der Waals surface area contributed by atoms with Gasteiger partial charge in [0.05, 0.1) is 15.1 Å². The largest absolute Gasteiger partial charge is 0.454 e. The molecule has 0 N–H and O–H groups in total. The second-order valence-corrected chi connectivity index (χ2v) is 9.06. The lowest BCUT2D eigenvalue weighted by atomic mass is 10.3. The number of fused-ring (bicyclic) bond motifs is 2. The SMILES string of the molecule is CCN(CC)CCN(C(=O)/C=C/c1ccc([N+](=O)[O-])s1)c1nc2cc3c(cc2s1)OCO3. The molecule has 1 aliphatic rings. The Balaban J connectivity index is 1.60. The van der Waals surface area contributed by atoms with Crippen LogP contribution in [0.2, 0.25) is 0 Å². The molecule has 4 rings (SSSR count). The first-order valence-electron chi connectivity index (χ1n) is 10.1. The summed E-state index contributed by atoms with van der Waals surface area (Å²) in [6.07, 6.45) is 3.05. The van der Waals surface area contributed by atoms with Gasteiger partial charge in [-0.2, -0.15) is 0 Å². The van der Waals surface area contributed by atoms with Crippen LogP contribution < -0.4 is 14.4 Å². The highest BCUT2D eigenvalue weighted by Crippen LogP contribution is 2.39. The van der Waals surface area contributed by atoms with Crippen LogP contribution in [0.5, 0.6) is 11.5 Å². The quantitative estimate of drug-likeness (QED) is 0.258. The number of benzene rings is 1. The van der Waals surface area contributed by atoms with Crippen LogP contribution in [0.25, 0.3) is 16.3 Å². The fourth-order valence-electron chi connectivity index (χ4n) is 3.28. The molecule has 0 bridgehead atoms. The maximum absolute atomic E-state index is 13.1. The first kappa shape index (κ1) is 22.2. The molecule has 2 aromatic heterocycles. The highest BCUT2D eigenvalue weighted by molar-refractivity contribution is 7.22. The Hall–Kier alpha value is -3.02. The first-order chi connectivity index (χ1) is 15.5. The van der Waals surface area contributed by atoms with Gasteiger partial charge in [-0.05, 0) is 25.2 Å². The first-order valence-corrected chi connectivity index (χ1v) is 11.8. The van der Waals surface area contributed by atoms with Crippen molar-refractivity contribution in [1.29, 1.82) is 0 Å². The number of ether oxygens (including phenoxy) is 2. The summed E-state index contributed by atoms with van der Waals surface area (Å²) in [7, 11) is 0. The Morgan fingerprint density at radius 2 is 1.94 bits per heavy atom. The third-order valence-corrected chi connectivity index (χ3v) is 7.13. The van der Waals surface area contributed by atoms with Crippen molar-refractivity contribution in [2.24, 2.45) is 0 Å². The van der Waals surface area contributed by atoms with E-state index in [1.54, 1.807) is 17.0 Å². The number of thiophene rings is 1. The summed E-state index contributed by atoms with van der Waals surface area (Å²) >= 11 is 2.44. The Morgan fingerprint density at radius 3 is 2.62 bits per heavy atom. The van der Waals surface area contributed by atoms with Gasteiger partial charge in [0, 0.05) is 42.2 Å². The summed E-state index contributed by atoms with van der Waals surface area (Å²) in [5.41, 5.74) is 0.743. The Labute approximate surface area is 192 Å². The minimum absolute atomic E-state index is 0.0409. The maximum atomic E-state index is 13.1. The number of thiazole rings is 1. The van der Waals surface area contributed by atoms with Gasteiger partial charge in [0.2, 0.25) is 6.79 Å². The van der Waals surface area contributed by atoms with Crippen molar-refractivity contribution in [3.8, 4) is 11.5 Å². The molecular formula is C21H22N4O5S2. The molecule has 0 saturated heterocycles. The molecule has 3 aromatic rings. The number of aromatic nitrogens is 1. The van der Waals surface area contributed by atoms with E-state index in [0.717, 1.165) is 34.6 Å². The van der Waals surface area contributed by atoms with Crippen LogP contribution in [0.15, 0.2) is 30.3 Å².